The first-order chi connectivity index (χ1) is 8.27. The molecule has 2 heterocycles. The molecule has 3 rings (SSSR count). The highest BCUT2D eigenvalue weighted by Gasteiger charge is 2.17. The van der Waals surface area contributed by atoms with Crippen molar-refractivity contribution in [1.29, 1.82) is 0 Å². The van der Waals surface area contributed by atoms with E-state index in [9.17, 15) is 9.90 Å². The van der Waals surface area contributed by atoms with Gasteiger partial charge < -0.3 is 9.52 Å². The van der Waals surface area contributed by atoms with Gasteiger partial charge in [0.1, 0.15) is 12.0 Å². The third-order valence-corrected chi connectivity index (χ3v) is 2.55. The molecule has 0 saturated heterocycles. The van der Waals surface area contributed by atoms with Crippen LogP contribution in [0.3, 0.4) is 0 Å². The number of hydrogen-bond acceptors (Lipinski definition) is 3. The van der Waals surface area contributed by atoms with E-state index < -0.39 is 6.09 Å². The molecule has 0 radical (unpaired) electrons. The highest BCUT2D eigenvalue weighted by molar-refractivity contribution is 5.94. The van der Waals surface area contributed by atoms with Crippen LogP contribution in [0.5, 0.6) is 0 Å². The van der Waals surface area contributed by atoms with Crippen molar-refractivity contribution in [2.45, 2.75) is 0 Å². The van der Waals surface area contributed by atoms with Crippen molar-refractivity contribution in [3.63, 3.8) is 0 Å². The molecule has 0 amide bonds. The molecule has 17 heavy (non-hydrogen) atoms. The molecule has 1 aromatic carbocycles. The fourth-order valence-electron chi connectivity index (χ4n) is 1.87. The zero-order valence-electron chi connectivity index (χ0n) is 8.70. The van der Waals surface area contributed by atoms with Crippen molar-refractivity contribution in [2.24, 2.45) is 0 Å². The van der Waals surface area contributed by atoms with E-state index in [-0.39, 0.29) is 0 Å². The van der Waals surface area contributed by atoms with Crippen molar-refractivity contribution in [2.75, 3.05) is 0 Å². The molecule has 0 atom stereocenters. The normalized spacial score (nSPS) is 10.8. The van der Waals surface area contributed by atoms with E-state index in [1.54, 1.807) is 18.2 Å². The van der Waals surface area contributed by atoms with E-state index in [4.69, 9.17) is 4.42 Å². The summed E-state index contributed by atoms with van der Waals surface area (Å²) in [5.41, 5.74) is 1.05. The van der Waals surface area contributed by atoms with Crippen LogP contribution in [0.15, 0.2) is 47.2 Å². The largest absolute Gasteiger partial charge is 0.464 e. The number of carbonyl (C=O) groups is 1. The Morgan fingerprint density at radius 1 is 1.35 bits per heavy atom. The van der Waals surface area contributed by atoms with Crippen molar-refractivity contribution >= 4 is 17.0 Å². The standard InChI is InChI=1S/C12H8N2O3/c15-12(16)14-9-4-2-1-3-8(9)7-10(14)11-13-5-6-17-11/h1-7H,(H,15,16). The average Bonchev–Trinajstić information content (AvgIpc) is 2.95. The SMILES string of the molecule is O=C(O)n1c(-c2ncco2)cc2ccccc21. The molecule has 0 saturated carbocycles. The number of oxazole rings is 1. The van der Waals surface area contributed by atoms with E-state index in [0.29, 0.717) is 17.1 Å². The van der Waals surface area contributed by atoms with E-state index in [0.717, 1.165) is 5.39 Å². The van der Waals surface area contributed by atoms with Crippen LogP contribution in [0.4, 0.5) is 4.79 Å². The summed E-state index contributed by atoms with van der Waals surface area (Å²) in [6.45, 7) is 0. The van der Waals surface area contributed by atoms with Gasteiger partial charge in [0.25, 0.3) is 0 Å². The van der Waals surface area contributed by atoms with Gasteiger partial charge in [0, 0.05) is 5.39 Å². The molecule has 0 bridgehead atoms. The summed E-state index contributed by atoms with van der Waals surface area (Å²) < 4.78 is 6.31. The monoisotopic (exact) mass is 228 g/mol. The molecule has 0 spiro atoms. The lowest BCUT2D eigenvalue weighted by molar-refractivity contribution is 0.197. The number of fused-ring (bicyclic) bond motifs is 1. The molecular formula is C12H8N2O3. The van der Waals surface area contributed by atoms with Crippen molar-refractivity contribution < 1.29 is 14.3 Å². The van der Waals surface area contributed by atoms with Crippen LogP contribution in [-0.2, 0) is 0 Å². The van der Waals surface area contributed by atoms with Gasteiger partial charge in [0.05, 0.1) is 11.7 Å². The summed E-state index contributed by atoms with van der Waals surface area (Å²) in [5.74, 6) is 0.295. The second-order valence-electron chi connectivity index (χ2n) is 3.54. The van der Waals surface area contributed by atoms with Gasteiger partial charge in [0.15, 0.2) is 0 Å². The minimum atomic E-state index is -1.06. The molecule has 0 aliphatic rings. The lowest BCUT2D eigenvalue weighted by Gasteiger charge is -2.01. The first-order valence-corrected chi connectivity index (χ1v) is 5.01. The maximum atomic E-state index is 11.3. The van der Waals surface area contributed by atoms with Gasteiger partial charge in [-0.05, 0) is 12.1 Å². The molecule has 2 aromatic heterocycles. The Kier molecular flexibility index (Phi) is 1.98. The summed E-state index contributed by atoms with van der Waals surface area (Å²) in [5, 5.41) is 10.1. The smallest absolute Gasteiger partial charge is 0.416 e. The highest BCUT2D eigenvalue weighted by Crippen LogP contribution is 2.26. The number of benzene rings is 1. The molecule has 5 nitrogen and oxygen atoms in total. The highest BCUT2D eigenvalue weighted by atomic mass is 16.4. The quantitative estimate of drug-likeness (QED) is 0.695. The number of nitrogens with zero attached hydrogens (tertiary/aromatic N) is 2. The summed E-state index contributed by atoms with van der Waals surface area (Å²) >= 11 is 0. The van der Waals surface area contributed by atoms with Crippen LogP contribution in [0, 0.1) is 0 Å². The Bertz CT molecular complexity index is 683. The van der Waals surface area contributed by atoms with E-state index in [1.807, 2.05) is 12.1 Å². The Labute approximate surface area is 95.9 Å². The number of carboxylic acid groups (broad SMARTS) is 1. The van der Waals surface area contributed by atoms with Gasteiger partial charge in [-0.25, -0.2) is 14.3 Å². The maximum absolute atomic E-state index is 11.3. The predicted octanol–water partition coefficient (Wildman–Crippen LogP) is 2.82. The van der Waals surface area contributed by atoms with Gasteiger partial charge >= 0.3 is 6.09 Å². The van der Waals surface area contributed by atoms with Crippen molar-refractivity contribution in [1.82, 2.24) is 9.55 Å². The lowest BCUT2D eigenvalue weighted by Crippen LogP contribution is -2.08. The Morgan fingerprint density at radius 2 is 2.18 bits per heavy atom. The molecule has 0 unspecified atom stereocenters. The van der Waals surface area contributed by atoms with Gasteiger partial charge in [-0.3, -0.25) is 0 Å². The Hall–Kier alpha value is -2.56. The van der Waals surface area contributed by atoms with Crippen LogP contribution in [-0.4, -0.2) is 20.8 Å². The number of hydrogen-bond donors (Lipinski definition) is 1. The number of para-hydroxylation sites is 1. The van der Waals surface area contributed by atoms with Gasteiger partial charge in [-0.15, -0.1) is 0 Å². The molecule has 0 aliphatic heterocycles. The third-order valence-electron chi connectivity index (χ3n) is 2.55. The molecule has 84 valence electrons. The number of aromatic nitrogens is 2. The fourth-order valence-corrected chi connectivity index (χ4v) is 1.87. The van der Waals surface area contributed by atoms with Crippen molar-refractivity contribution in [3.05, 3.63) is 42.8 Å². The topological polar surface area (TPSA) is 68.3 Å². The minimum Gasteiger partial charge on any atom is -0.464 e. The summed E-state index contributed by atoms with van der Waals surface area (Å²) in [7, 11) is 0. The zero-order valence-corrected chi connectivity index (χ0v) is 8.70. The maximum Gasteiger partial charge on any atom is 0.416 e. The van der Waals surface area contributed by atoms with Crippen LogP contribution < -0.4 is 0 Å². The lowest BCUT2D eigenvalue weighted by atomic mass is 10.2. The predicted molar refractivity (Wildman–Crippen MR) is 60.9 cm³/mol. The molecule has 3 aromatic rings. The zero-order chi connectivity index (χ0) is 11.8. The second kappa shape index (κ2) is 3.48. The first kappa shape index (κ1) is 9.65. The van der Waals surface area contributed by atoms with E-state index >= 15 is 0 Å². The van der Waals surface area contributed by atoms with Gasteiger partial charge in [0.2, 0.25) is 5.89 Å². The van der Waals surface area contributed by atoms with Crippen LogP contribution >= 0.6 is 0 Å². The first-order valence-electron chi connectivity index (χ1n) is 5.01. The second-order valence-corrected chi connectivity index (χ2v) is 3.54. The molecular weight excluding hydrogens is 220 g/mol. The molecule has 0 fully saturated rings. The molecule has 0 aliphatic carbocycles. The summed E-state index contributed by atoms with van der Waals surface area (Å²) in [6, 6.07) is 8.99. The summed E-state index contributed by atoms with van der Waals surface area (Å²) in [4.78, 5) is 15.3. The fraction of sp³-hybridized carbons (Fsp3) is 0. The van der Waals surface area contributed by atoms with E-state index in [2.05, 4.69) is 4.98 Å². The average molecular weight is 228 g/mol. The van der Waals surface area contributed by atoms with Gasteiger partial charge in [-0.2, -0.15) is 0 Å². The van der Waals surface area contributed by atoms with Crippen molar-refractivity contribution in [3.8, 4) is 11.6 Å². The third kappa shape index (κ3) is 1.40. The van der Waals surface area contributed by atoms with Crippen LogP contribution in [0.2, 0.25) is 0 Å². The minimum absolute atomic E-state index is 0.295. The van der Waals surface area contributed by atoms with Crippen LogP contribution in [0.25, 0.3) is 22.5 Å². The van der Waals surface area contributed by atoms with E-state index in [1.165, 1.54) is 17.0 Å². The Balaban J connectivity index is 2.38. The van der Waals surface area contributed by atoms with Gasteiger partial charge in [-0.1, -0.05) is 18.2 Å². The molecule has 5 heteroatoms. The molecule has 1 N–H and O–H groups in total. The Morgan fingerprint density at radius 3 is 2.88 bits per heavy atom. The van der Waals surface area contributed by atoms with Crippen LogP contribution in [0.1, 0.15) is 0 Å². The summed E-state index contributed by atoms with van der Waals surface area (Å²) in [6.07, 6.45) is 1.85. The number of rotatable bonds is 1.